The lowest BCUT2D eigenvalue weighted by Crippen LogP contribution is -2.35. The summed E-state index contributed by atoms with van der Waals surface area (Å²) in [5.74, 6) is 0. The van der Waals surface area contributed by atoms with E-state index in [1.165, 1.54) is 0 Å². The molecule has 0 unspecified atom stereocenters. The highest BCUT2D eigenvalue weighted by molar-refractivity contribution is 5.57. The van der Waals surface area contributed by atoms with Gasteiger partial charge in [0.15, 0.2) is 5.60 Å². The summed E-state index contributed by atoms with van der Waals surface area (Å²) in [6.45, 7) is 2.01. The van der Waals surface area contributed by atoms with E-state index >= 15 is 0 Å². The largest absolute Gasteiger partial charge is 0.506 e. The lowest BCUT2D eigenvalue weighted by atomic mass is 10.1. The number of carboxylic acid groups (broad SMARTS) is 1. The zero-order valence-corrected chi connectivity index (χ0v) is 5.60. The first-order valence-corrected chi connectivity index (χ1v) is 2.56. The molecule has 0 rings (SSSR count). The highest BCUT2D eigenvalue weighted by atomic mass is 19.3. The first kappa shape index (κ1) is 9.13. The Morgan fingerprint density at radius 1 is 1.60 bits per heavy atom. The first-order valence-electron chi connectivity index (χ1n) is 2.56. The Kier molecular flexibility index (Phi) is 2.56. The van der Waals surface area contributed by atoms with Crippen LogP contribution >= 0.6 is 0 Å². The van der Waals surface area contributed by atoms with Gasteiger partial charge in [-0.15, -0.1) is 0 Å². The topological polar surface area (TPSA) is 46.5 Å². The highest BCUT2D eigenvalue weighted by Gasteiger charge is 2.33. The van der Waals surface area contributed by atoms with Gasteiger partial charge in [-0.3, -0.25) is 0 Å². The normalized spacial score (nSPS) is 11.7. The molecule has 0 saturated heterocycles. The molecule has 0 spiro atoms. The molecular formula is C5H8F2O3. The molecule has 0 atom stereocenters. The third-order valence-corrected chi connectivity index (χ3v) is 0.876. The zero-order valence-electron chi connectivity index (χ0n) is 5.60. The van der Waals surface area contributed by atoms with Crippen molar-refractivity contribution in [3.05, 3.63) is 0 Å². The van der Waals surface area contributed by atoms with Gasteiger partial charge < -0.3 is 9.84 Å². The third-order valence-electron chi connectivity index (χ3n) is 0.876. The molecule has 0 aliphatic carbocycles. The maximum Gasteiger partial charge on any atom is 0.506 e. The van der Waals surface area contributed by atoms with Crippen molar-refractivity contribution >= 4 is 6.16 Å². The van der Waals surface area contributed by atoms with Crippen LogP contribution in [0.5, 0.6) is 0 Å². The molecule has 0 aromatic carbocycles. The fraction of sp³-hybridized carbons (Fsp3) is 0.800. The maximum absolute atomic E-state index is 11.8. The fourth-order valence-electron chi connectivity index (χ4n) is 0.270. The summed E-state index contributed by atoms with van der Waals surface area (Å²) in [5, 5.41) is 7.94. The molecule has 0 aromatic heterocycles. The van der Waals surface area contributed by atoms with Crippen LogP contribution in [0.4, 0.5) is 13.6 Å². The Balaban J connectivity index is 3.99. The van der Waals surface area contributed by atoms with Crippen molar-refractivity contribution in [1.29, 1.82) is 0 Å². The Hall–Kier alpha value is -0.870. The summed E-state index contributed by atoms with van der Waals surface area (Å²) in [4.78, 5) is 9.76. The Labute approximate surface area is 56.6 Å². The van der Waals surface area contributed by atoms with Gasteiger partial charge in [-0.05, 0) is 13.8 Å². The van der Waals surface area contributed by atoms with Gasteiger partial charge in [0.05, 0.1) is 0 Å². The highest BCUT2D eigenvalue weighted by Crippen LogP contribution is 2.18. The molecule has 3 nitrogen and oxygen atoms in total. The van der Waals surface area contributed by atoms with Gasteiger partial charge in [-0.2, -0.15) is 0 Å². The third kappa shape index (κ3) is 2.61. The molecule has 0 fully saturated rings. The van der Waals surface area contributed by atoms with Crippen LogP contribution in [0, 0.1) is 0 Å². The second kappa shape index (κ2) is 2.81. The quantitative estimate of drug-likeness (QED) is 0.616. The Bertz CT molecular complexity index is 133. The van der Waals surface area contributed by atoms with Crippen LogP contribution in [0.15, 0.2) is 0 Å². The molecule has 0 aliphatic rings. The summed E-state index contributed by atoms with van der Waals surface area (Å²) >= 11 is 0. The SMILES string of the molecule is CC(C)(OC(=O)O)C(F)F. The molecule has 0 saturated carbocycles. The van der Waals surface area contributed by atoms with Gasteiger partial charge in [-0.25, -0.2) is 13.6 Å². The van der Waals surface area contributed by atoms with E-state index in [1.54, 1.807) is 0 Å². The fourth-order valence-corrected chi connectivity index (χ4v) is 0.270. The minimum Gasteiger partial charge on any atom is -0.450 e. The predicted octanol–water partition coefficient (Wildman–Crippen LogP) is 1.72. The van der Waals surface area contributed by atoms with Crippen molar-refractivity contribution in [2.45, 2.75) is 25.9 Å². The summed E-state index contributed by atoms with van der Waals surface area (Å²) < 4.78 is 27.4. The zero-order chi connectivity index (χ0) is 8.36. The predicted molar refractivity (Wildman–Crippen MR) is 29.2 cm³/mol. The molecule has 5 heteroatoms. The minimum atomic E-state index is -2.80. The number of ether oxygens (including phenoxy) is 1. The van der Waals surface area contributed by atoms with Gasteiger partial charge in [0.2, 0.25) is 0 Å². The molecule has 0 aliphatic heterocycles. The average Bonchev–Trinajstić information content (AvgIpc) is 1.60. The molecule has 10 heavy (non-hydrogen) atoms. The summed E-state index contributed by atoms with van der Waals surface area (Å²) in [5.41, 5.74) is -1.91. The number of alkyl halides is 2. The van der Waals surface area contributed by atoms with Crippen molar-refractivity contribution in [2.75, 3.05) is 0 Å². The molecule has 0 radical (unpaired) electrons. The van der Waals surface area contributed by atoms with Gasteiger partial charge >= 0.3 is 6.16 Å². The molecule has 0 bridgehead atoms. The van der Waals surface area contributed by atoms with E-state index < -0.39 is 18.2 Å². The van der Waals surface area contributed by atoms with Gasteiger partial charge in [0.1, 0.15) is 0 Å². The van der Waals surface area contributed by atoms with E-state index in [1.807, 2.05) is 0 Å². The van der Waals surface area contributed by atoms with Crippen molar-refractivity contribution in [2.24, 2.45) is 0 Å². The van der Waals surface area contributed by atoms with Crippen LogP contribution in [0.3, 0.4) is 0 Å². The van der Waals surface area contributed by atoms with E-state index in [0.717, 1.165) is 13.8 Å². The van der Waals surface area contributed by atoms with Crippen LogP contribution in [0.2, 0.25) is 0 Å². The average molecular weight is 154 g/mol. The van der Waals surface area contributed by atoms with Crippen molar-refractivity contribution in [3.63, 3.8) is 0 Å². The first-order chi connectivity index (χ1) is 4.36. The smallest absolute Gasteiger partial charge is 0.450 e. The van der Waals surface area contributed by atoms with Crippen LogP contribution in [-0.4, -0.2) is 23.3 Å². The van der Waals surface area contributed by atoms with Crippen molar-refractivity contribution in [3.8, 4) is 0 Å². The van der Waals surface area contributed by atoms with Crippen LogP contribution in [0.1, 0.15) is 13.8 Å². The number of rotatable bonds is 2. The minimum absolute atomic E-state index is 1.01. The molecule has 0 aromatic rings. The number of carbonyl (C=O) groups is 1. The molecule has 1 N–H and O–H groups in total. The lowest BCUT2D eigenvalue weighted by Gasteiger charge is -2.21. The van der Waals surface area contributed by atoms with E-state index in [9.17, 15) is 13.6 Å². The summed E-state index contributed by atoms with van der Waals surface area (Å²) in [6.07, 6.45) is -4.49. The second-order valence-corrected chi connectivity index (χ2v) is 2.27. The second-order valence-electron chi connectivity index (χ2n) is 2.27. The van der Waals surface area contributed by atoms with Gasteiger partial charge in [0, 0.05) is 0 Å². The molecule has 60 valence electrons. The van der Waals surface area contributed by atoms with Gasteiger partial charge in [-0.1, -0.05) is 0 Å². The van der Waals surface area contributed by atoms with Crippen molar-refractivity contribution < 1.29 is 23.4 Å². The standard InChI is InChI=1S/C5H8F2O3/c1-5(2,3(6)7)10-4(8)9/h3H,1-2H3,(H,8,9). The monoisotopic (exact) mass is 154 g/mol. The van der Waals surface area contributed by atoms with E-state index in [4.69, 9.17) is 5.11 Å². The number of hydrogen-bond acceptors (Lipinski definition) is 2. The van der Waals surface area contributed by atoms with Crippen LogP contribution in [-0.2, 0) is 4.74 Å². The lowest BCUT2D eigenvalue weighted by molar-refractivity contribution is -0.0915. The number of hydrogen-bond donors (Lipinski definition) is 1. The molecular weight excluding hydrogens is 146 g/mol. The van der Waals surface area contributed by atoms with Crippen molar-refractivity contribution in [1.82, 2.24) is 0 Å². The van der Waals surface area contributed by atoms with E-state index in [0.29, 0.717) is 0 Å². The Morgan fingerprint density at radius 3 is 2.10 bits per heavy atom. The molecule has 0 heterocycles. The van der Waals surface area contributed by atoms with E-state index in [-0.39, 0.29) is 0 Å². The van der Waals surface area contributed by atoms with E-state index in [2.05, 4.69) is 4.74 Å². The number of halogens is 2. The van der Waals surface area contributed by atoms with Crippen LogP contribution < -0.4 is 0 Å². The molecule has 0 amide bonds. The van der Waals surface area contributed by atoms with Gasteiger partial charge in [0.25, 0.3) is 6.43 Å². The maximum atomic E-state index is 11.8. The summed E-state index contributed by atoms with van der Waals surface area (Å²) in [6, 6.07) is 0. The Morgan fingerprint density at radius 2 is 2.00 bits per heavy atom. The summed E-state index contributed by atoms with van der Waals surface area (Å²) in [7, 11) is 0. The van der Waals surface area contributed by atoms with Crippen LogP contribution in [0.25, 0.3) is 0 Å².